The lowest BCUT2D eigenvalue weighted by molar-refractivity contribution is -0.134. The number of carbonyl (C=O) groups excluding carboxylic acids is 1. The Labute approximate surface area is 116 Å². The second kappa shape index (κ2) is 7.50. The van der Waals surface area contributed by atoms with E-state index in [1.807, 2.05) is 11.8 Å². The molecule has 7 heteroatoms. The Hall–Kier alpha value is -0.0700. The molecule has 0 bridgehead atoms. The zero-order valence-corrected chi connectivity index (χ0v) is 11.7. The molecule has 1 atom stereocenters. The molecule has 1 saturated carbocycles. The highest BCUT2D eigenvalue weighted by Gasteiger charge is 2.34. The summed E-state index contributed by atoms with van der Waals surface area (Å²) >= 11 is 1.81. The molecule has 0 radical (unpaired) electrons. The third-order valence-corrected chi connectivity index (χ3v) is 4.19. The predicted molar refractivity (Wildman–Crippen MR) is 71.7 cm³/mol. The molecule has 1 heterocycles. The maximum absolute atomic E-state index is 12.4. The average Bonchev–Trinajstić information content (AvgIpc) is 3.10. The van der Waals surface area contributed by atoms with Gasteiger partial charge in [0.1, 0.15) is 0 Å². The van der Waals surface area contributed by atoms with Gasteiger partial charge in [0.05, 0.1) is 6.54 Å². The first-order valence-corrected chi connectivity index (χ1v) is 7.21. The van der Waals surface area contributed by atoms with Gasteiger partial charge in [0.25, 0.3) is 6.43 Å². The molecule has 1 amide bonds. The summed E-state index contributed by atoms with van der Waals surface area (Å²) in [7, 11) is 0. The lowest BCUT2D eigenvalue weighted by Crippen LogP contribution is -2.44. The first-order valence-electron chi connectivity index (χ1n) is 6.05. The summed E-state index contributed by atoms with van der Waals surface area (Å²) in [5.41, 5.74) is 0. The van der Waals surface area contributed by atoms with Crippen LogP contribution in [-0.2, 0) is 4.79 Å². The summed E-state index contributed by atoms with van der Waals surface area (Å²) in [6.45, 7) is 0.504. The van der Waals surface area contributed by atoms with Crippen LogP contribution in [0.5, 0.6) is 0 Å². The van der Waals surface area contributed by atoms with E-state index in [1.54, 1.807) is 0 Å². The third kappa shape index (κ3) is 4.90. The molecule has 2 fully saturated rings. The van der Waals surface area contributed by atoms with Gasteiger partial charge in [-0.25, -0.2) is 8.78 Å². The van der Waals surface area contributed by atoms with Crippen molar-refractivity contribution in [2.75, 3.05) is 24.6 Å². The SMILES string of the molecule is Cl.O=C(CC1CSCCN1)N(CC(F)F)C1CC1. The molecule has 0 aromatic carbocycles. The summed E-state index contributed by atoms with van der Waals surface area (Å²) < 4.78 is 24.8. The van der Waals surface area contributed by atoms with Gasteiger partial charge in [-0.1, -0.05) is 0 Å². The van der Waals surface area contributed by atoms with E-state index in [-0.39, 0.29) is 30.4 Å². The normalized spacial score (nSPS) is 23.6. The van der Waals surface area contributed by atoms with Gasteiger partial charge < -0.3 is 10.2 Å². The molecule has 1 unspecified atom stereocenters. The Morgan fingerprint density at radius 1 is 1.44 bits per heavy atom. The van der Waals surface area contributed by atoms with Gasteiger partial charge >= 0.3 is 0 Å². The second-order valence-corrected chi connectivity index (χ2v) is 5.75. The molecule has 1 saturated heterocycles. The minimum atomic E-state index is -2.42. The molecule has 0 aromatic rings. The Morgan fingerprint density at radius 3 is 2.67 bits per heavy atom. The quantitative estimate of drug-likeness (QED) is 0.840. The summed E-state index contributed by atoms with van der Waals surface area (Å²) in [6.07, 6.45) is -0.305. The minimum Gasteiger partial charge on any atom is -0.334 e. The number of rotatable bonds is 5. The molecule has 106 valence electrons. The van der Waals surface area contributed by atoms with Crippen molar-refractivity contribution in [1.82, 2.24) is 10.2 Å². The number of halogens is 3. The van der Waals surface area contributed by atoms with Crippen LogP contribution in [0.4, 0.5) is 8.78 Å². The van der Waals surface area contributed by atoms with Gasteiger partial charge in [0.15, 0.2) is 0 Å². The smallest absolute Gasteiger partial charge is 0.255 e. The number of nitrogens with one attached hydrogen (secondary N) is 1. The lowest BCUT2D eigenvalue weighted by Gasteiger charge is -2.27. The van der Waals surface area contributed by atoms with Crippen molar-refractivity contribution in [3.05, 3.63) is 0 Å². The molecule has 0 spiro atoms. The van der Waals surface area contributed by atoms with Gasteiger partial charge in [-0.3, -0.25) is 4.79 Å². The maximum atomic E-state index is 12.4. The molecule has 2 rings (SSSR count). The molecule has 0 aromatic heterocycles. The average molecular weight is 301 g/mol. The zero-order valence-electron chi connectivity index (χ0n) is 10.1. The van der Waals surface area contributed by atoms with Crippen LogP contribution in [-0.4, -0.2) is 53.9 Å². The van der Waals surface area contributed by atoms with E-state index in [0.29, 0.717) is 6.42 Å². The van der Waals surface area contributed by atoms with Crippen molar-refractivity contribution in [3.63, 3.8) is 0 Å². The van der Waals surface area contributed by atoms with E-state index in [0.717, 1.165) is 30.9 Å². The first kappa shape index (κ1) is 16.0. The van der Waals surface area contributed by atoms with Crippen LogP contribution < -0.4 is 5.32 Å². The predicted octanol–water partition coefficient (Wildman–Crippen LogP) is 1.76. The van der Waals surface area contributed by atoms with Gasteiger partial charge in [-0.2, -0.15) is 11.8 Å². The first-order chi connectivity index (χ1) is 8.16. The molecule has 2 aliphatic rings. The fourth-order valence-electron chi connectivity index (χ4n) is 2.07. The van der Waals surface area contributed by atoms with Crippen molar-refractivity contribution in [2.45, 2.75) is 37.8 Å². The number of nitrogens with zero attached hydrogens (tertiary/aromatic N) is 1. The molecule has 1 aliphatic heterocycles. The number of hydrogen-bond acceptors (Lipinski definition) is 3. The highest BCUT2D eigenvalue weighted by atomic mass is 35.5. The number of carbonyl (C=O) groups is 1. The number of thioether (sulfide) groups is 1. The van der Waals surface area contributed by atoms with Gasteiger partial charge in [0, 0.05) is 36.6 Å². The Kier molecular flexibility index (Phi) is 6.66. The van der Waals surface area contributed by atoms with E-state index in [9.17, 15) is 13.6 Å². The van der Waals surface area contributed by atoms with Gasteiger partial charge in [-0.05, 0) is 12.8 Å². The summed E-state index contributed by atoms with van der Waals surface area (Å²) in [5, 5.41) is 3.26. The number of amides is 1. The summed E-state index contributed by atoms with van der Waals surface area (Å²) in [4.78, 5) is 13.4. The minimum absolute atomic E-state index is 0. The summed E-state index contributed by atoms with van der Waals surface area (Å²) in [6, 6.07) is 0.230. The van der Waals surface area contributed by atoms with Crippen LogP contribution >= 0.6 is 24.2 Å². The lowest BCUT2D eigenvalue weighted by atomic mass is 10.2. The van der Waals surface area contributed by atoms with Crippen LogP contribution in [0.15, 0.2) is 0 Å². The van der Waals surface area contributed by atoms with Crippen molar-refractivity contribution >= 4 is 30.1 Å². The molecule has 18 heavy (non-hydrogen) atoms. The molecular formula is C11H19ClF2N2OS. The van der Waals surface area contributed by atoms with Gasteiger partial charge in [0.2, 0.25) is 5.91 Å². The largest absolute Gasteiger partial charge is 0.334 e. The third-order valence-electron chi connectivity index (χ3n) is 3.06. The van der Waals surface area contributed by atoms with E-state index < -0.39 is 13.0 Å². The molecular weight excluding hydrogens is 282 g/mol. The molecule has 1 N–H and O–H groups in total. The molecule has 1 aliphatic carbocycles. The Morgan fingerprint density at radius 2 is 2.17 bits per heavy atom. The summed E-state index contributed by atoms with van der Waals surface area (Å²) in [5.74, 6) is 1.85. The zero-order chi connectivity index (χ0) is 12.3. The van der Waals surface area contributed by atoms with Crippen molar-refractivity contribution in [1.29, 1.82) is 0 Å². The van der Waals surface area contributed by atoms with Crippen LogP contribution in [0, 0.1) is 0 Å². The standard InChI is InChI=1S/C11H18F2N2OS.ClH/c12-10(13)6-15(9-1-2-9)11(16)5-8-7-17-4-3-14-8;/h8-10,14H,1-7H2;1H. The monoisotopic (exact) mass is 300 g/mol. The fraction of sp³-hybridized carbons (Fsp3) is 0.909. The van der Waals surface area contributed by atoms with Gasteiger partial charge in [-0.15, -0.1) is 12.4 Å². The second-order valence-electron chi connectivity index (χ2n) is 4.60. The van der Waals surface area contributed by atoms with E-state index in [1.165, 1.54) is 4.90 Å². The highest BCUT2D eigenvalue weighted by molar-refractivity contribution is 7.99. The van der Waals surface area contributed by atoms with E-state index >= 15 is 0 Å². The van der Waals surface area contributed by atoms with Crippen molar-refractivity contribution < 1.29 is 13.6 Å². The molecule has 3 nitrogen and oxygen atoms in total. The van der Waals surface area contributed by atoms with Crippen LogP contribution in [0.1, 0.15) is 19.3 Å². The number of alkyl halides is 2. The highest BCUT2D eigenvalue weighted by Crippen LogP contribution is 2.28. The van der Waals surface area contributed by atoms with Crippen LogP contribution in [0.2, 0.25) is 0 Å². The van der Waals surface area contributed by atoms with E-state index in [2.05, 4.69) is 5.32 Å². The fourth-order valence-corrected chi connectivity index (χ4v) is 3.02. The van der Waals surface area contributed by atoms with Crippen molar-refractivity contribution in [3.8, 4) is 0 Å². The van der Waals surface area contributed by atoms with E-state index in [4.69, 9.17) is 0 Å². The Balaban J connectivity index is 0.00000162. The number of hydrogen-bond donors (Lipinski definition) is 1. The Bertz CT molecular complexity index is 274. The van der Waals surface area contributed by atoms with Crippen LogP contribution in [0.25, 0.3) is 0 Å². The van der Waals surface area contributed by atoms with Crippen LogP contribution in [0.3, 0.4) is 0 Å². The topological polar surface area (TPSA) is 32.3 Å². The van der Waals surface area contributed by atoms with Crippen molar-refractivity contribution in [2.24, 2.45) is 0 Å². The maximum Gasteiger partial charge on any atom is 0.255 e.